The molecular weight excluding hydrogens is 442 g/mol. The van der Waals surface area contributed by atoms with Crippen molar-refractivity contribution in [3.05, 3.63) is 83.9 Å². The maximum Gasteiger partial charge on any atom is 0.252 e. The lowest BCUT2D eigenvalue weighted by atomic mass is 10.0. The normalized spacial score (nSPS) is 12.4. The fourth-order valence-electron chi connectivity index (χ4n) is 3.64. The predicted molar refractivity (Wildman–Crippen MR) is 139 cm³/mol. The molecule has 2 amide bonds. The van der Waals surface area contributed by atoms with Crippen molar-refractivity contribution in [2.45, 2.75) is 32.9 Å². The zero-order chi connectivity index (χ0) is 25.4. The van der Waals surface area contributed by atoms with E-state index in [9.17, 15) is 9.59 Å². The Bertz CT molecular complexity index is 1110. The van der Waals surface area contributed by atoms with Crippen molar-refractivity contribution < 1.29 is 19.1 Å². The van der Waals surface area contributed by atoms with E-state index in [0.717, 1.165) is 5.69 Å². The van der Waals surface area contributed by atoms with Gasteiger partial charge in [-0.2, -0.15) is 0 Å². The Morgan fingerprint density at radius 2 is 1.34 bits per heavy atom. The maximum atomic E-state index is 13.0. The highest BCUT2D eigenvalue weighted by molar-refractivity contribution is 6.01. The molecule has 7 nitrogen and oxygen atoms in total. The van der Waals surface area contributed by atoms with Crippen LogP contribution in [0.5, 0.6) is 11.5 Å². The third-order valence-corrected chi connectivity index (χ3v) is 5.68. The average Bonchev–Trinajstić information content (AvgIpc) is 2.88. The number of methoxy groups -OCH3 is 2. The van der Waals surface area contributed by atoms with Crippen LogP contribution in [-0.4, -0.2) is 32.1 Å². The van der Waals surface area contributed by atoms with Crippen molar-refractivity contribution in [3.63, 3.8) is 0 Å². The van der Waals surface area contributed by atoms with Gasteiger partial charge >= 0.3 is 0 Å². The van der Waals surface area contributed by atoms with Crippen LogP contribution < -0.4 is 25.4 Å². The molecule has 3 rings (SSSR count). The van der Waals surface area contributed by atoms with Crippen molar-refractivity contribution in [3.8, 4) is 11.5 Å². The summed E-state index contributed by atoms with van der Waals surface area (Å²) < 4.78 is 10.5. The first kappa shape index (κ1) is 25.6. The SMILES string of the molecule is COc1cc(OC)cc(C(=O)N[C@@H](C(=O)Nc2ccc(N[C@@H](C)c3ccccc3)cc2)C(C)C)c1. The van der Waals surface area contributed by atoms with Gasteiger partial charge in [0, 0.05) is 29.0 Å². The summed E-state index contributed by atoms with van der Waals surface area (Å²) >= 11 is 0. The van der Waals surface area contributed by atoms with Gasteiger partial charge in [-0.25, -0.2) is 0 Å². The topological polar surface area (TPSA) is 88.7 Å². The molecule has 0 bridgehead atoms. The van der Waals surface area contributed by atoms with E-state index in [1.165, 1.54) is 19.8 Å². The molecule has 3 aromatic rings. The number of hydrogen-bond donors (Lipinski definition) is 3. The summed E-state index contributed by atoms with van der Waals surface area (Å²) in [5, 5.41) is 9.20. The Kier molecular flexibility index (Phi) is 8.73. The van der Waals surface area contributed by atoms with Gasteiger partial charge in [0.05, 0.1) is 14.2 Å². The fraction of sp³-hybridized carbons (Fsp3) is 0.286. The minimum absolute atomic E-state index is 0.126. The van der Waals surface area contributed by atoms with Gasteiger partial charge in [-0.3, -0.25) is 9.59 Å². The van der Waals surface area contributed by atoms with Crippen molar-refractivity contribution in [1.29, 1.82) is 0 Å². The summed E-state index contributed by atoms with van der Waals surface area (Å²) in [6.07, 6.45) is 0. The Hall–Kier alpha value is -4.00. The van der Waals surface area contributed by atoms with Gasteiger partial charge in [0.2, 0.25) is 5.91 Å². The third kappa shape index (κ3) is 6.99. The van der Waals surface area contributed by atoms with Crippen molar-refractivity contribution in [2.75, 3.05) is 24.9 Å². The Labute approximate surface area is 206 Å². The van der Waals surface area contributed by atoms with Gasteiger partial charge in [0.15, 0.2) is 0 Å². The molecule has 0 radical (unpaired) electrons. The van der Waals surface area contributed by atoms with Crippen LogP contribution in [0.2, 0.25) is 0 Å². The molecule has 0 heterocycles. The predicted octanol–water partition coefficient (Wildman–Crippen LogP) is 5.27. The molecule has 0 saturated carbocycles. The van der Waals surface area contributed by atoms with E-state index in [-0.39, 0.29) is 23.8 Å². The summed E-state index contributed by atoms with van der Waals surface area (Å²) in [5.74, 6) is 0.192. The lowest BCUT2D eigenvalue weighted by Gasteiger charge is -2.22. The van der Waals surface area contributed by atoms with Crippen LogP contribution in [0.4, 0.5) is 11.4 Å². The van der Waals surface area contributed by atoms with Crippen molar-refractivity contribution >= 4 is 23.2 Å². The van der Waals surface area contributed by atoms with Gasteiger partial charge in [0.25, 0.3) is 5.91 Å². The number of hydrogen-bond acceptors (Lipinski definition) is 5. The Morgan fingerprint density at radius 3 is 1.89 bits per heavy atom. The fourth-order valence-corrected chi connectivity index (χ4v) is 3.64. The number of carbonyl (C=O) groups is 2. The summed E-state index contributed by atoms with van der Waals surface area (Å²) in [4.78, 5) is 25.9. The van der Waals surface area contributed by atoms with Crippen LogP contribution in [0.3, 0.4) is 0 Å². The molecule has 0 aromatic heterocycles. The average molecular weight is 476 g/mol. The van der Waals surface area contributed by atoms with Gasteiger partial charge in [-0.15, -0.1) is 0 Å². The summed E-state index contributed by atoms with van der Waals surface area (Å²) in [6, 6.07) is 22.0. The van der Waals surface area contributed by atoms with Crippen LogP contribution >= 0.6 is 0 Å². The quantitative estimate of drug-likeness (QED) is 0.372. The number of ether oxygens (including phenoxy) is 2. The van der Waals surface area contributed by atoms with E-state index >= 15 is 0 Å². The maximum absolute atomic E-state index is 13.0. The lowest BCUT2D eigenvalue weighted by molar-refractivity contribution is -0.118. The molecule has 0 unspecified atom stereocenters. The highest BCUT2D eigenvalue weighted by Crippen LogP contribution is 2.23. The van der Waals surface area contributed by atoms with Crippen LogP contribution in [-0.2, 0) is 4.79 Å². The molecule has 0 aliphatic rings. The van der Waals surface area contributed by atoms with Gasteiger partial charge < -0.3 is 25.4 Å². The Balaban J connectivity index is 1.65. The van der Waals surface area contributed by atoms with E-state index < -0.39 is 6.04 Å². The second-order valence-corrected chi connectivity index (χ2v) is 8.64. The zero-order valence-electron chi connectivity index (χ0n) is 20.8. The Morgan fingerprint density at radius 1 is 0.771 bits per heavy atom. The second kappa shape index (κ2) is 11.9. The minimum atomic E-state index is -0.726. The molecular formula is C28H33N3O4. The van der Waals surface area contributed by atoms with E-state index in [4.69, 9.17) is 9.47 Å². The number of amides is 2. The first-order chi connectivity index (χ1) is 16.8. The largest absolute Gasteiger partial charge is 0.497 e. The first-order valence-corrected chi connectivity index (χ1v) is 11.6. The lowest BCUT2D eigenvalue weighted by Crippen LogP contribution is -2.47. The monoisotopic (exact) mass is 475 g/mol. The molecule has 184 valence electrons. The van der Waals surface area contributed by atoms with E-state index in [0.29, 0.717) is 22.7 Å². The number of carbonyl (C=O) groups excluding carboxylic acids is 2. The van der Waals surface area contributed by atoms with Crippen LogP contribution in [0.1, 0.15) is 42.7 Å². The molecule has 35 heavy (non-hydrogen) atoms. The molecule has 0 aliphatic carbocycles. The van der Waals surface area contributed by atoms with Crippen LogP contribution in [0, 0.1) is 5.92 Å². The summed E-state index contributed by atoms with van der Waals surface area (Å²) in [5.41, 5.74) is 3.13. The van der Waals surface area contributed by atoms with Crippen molar-refractivity contribution in [2.24, 2.45) is 5.92 Å². The van der Waals surface area contributed by atoms with Gasteiger partial charge in [-0.05, 0) is 54.8 Å². The second-order valence-electron chi connectivity index (χ2n) is 8.64. The van der Waals surface area contributed by atoms with Crippen molar-refractivity contribution in [1.82, 2.24) is 5.32 Å². The molecule has 0 spiro atoms. The number of rotatable bonds is 10. The van der Waals surface area contributed by atoms with Gasteiger partial charge in [0.1, 0.15) is 17.5 Å². The van der Waals surface area contributed by atoms with Crippen LogP contribution in [0.15, 0.2) is 72.8 Å². The first-order valence-electron chi connectivity index (χ1n) is 11.6. The molecule has 2 atom stereocenters. The molecule has 0 fully saturated rings. The summed E-state index contributed by atoms with van der Waals surface area (Å²) in [7, 11) is 3.04. The van der Waals surface area contributed by atoms with Crippen LogP contribution in [0.25, 0.3) is 0 Å². The molecule has 3 N–H and O–H groups in total. The minimum Gasteiger partial charge on any atom is -0.497 e. The molecule has 0 saturated heterocycles. The van der Waals surface area contributed by atoms with E-state index in [2.05, 4.69) is 35.0 Å². The van der Waals surface area contributed by atoms with Gasteiger partial charge in [-0.1, -0.05) is 44.2 Å². The zero-order valence-corrected chi connectivity index (χ0v) is 20.8. The highest BCUT2D eigenvalue weighted by Gasteiger charge is 2.25. The third-order valence-electron chi connectivity index (χ3n) is 5.68. The molecule has 0 aliphatic heterocycles. The highest BCUT2D eigenvalue weighted by atomic mass is 16.5. The standard InChI is InChI=1S/C28H33N3O4/c1-18(2)26(31-27(32)21-15-24(34-4)17-25(16-21)35-5)28(33)30-23-13-11-22(12-14-23)29-19(3)20-9-7-6-8-10-20/h6-19,26,29H,1-5H3,(H,30,33)(H,31,32)/t19-,26+/m0/s1. The van der Waals surface area contributed by atoms with E-state index in [1.54, 1.807) is 18.2 Å². The molecule has 7 heteroatoms. The number of nitrogens with one attached hydrogen (secondary N) is 3. The smallest absolute Gasteiger partial charge is 0.252 e. The number of benzene rings is 3. The number of anilines is 2. The molecule has 3 aromatic carbocycles. The summed E-state index contributed by atoms with van der Waals surface area (Å²) in [6.45, 7) is 5.86. The van der Waals surface area contributed by atoms with E-state index in [1.807, 2.05) is 56.3 Å².